The predicted molar refractivity (Wildman–Crippen MR) is 71.7 cm³/mol. The van der Waals surface area contributed by atoms with Crippen molar-refractivity contribution in [3.63, 3.8) is 0 Å². The Morgan fingerprint density at radius 1 is 1.42 bits per heavy atom. The van der Waals surface area contributed by atoms with Gasteiger partial charge in [-0.3, -0.25) is 0 Å². The third-order valence-corrected chi connectivity index (χ3v) is 2.57. The molecule has 0 aliphatic rings. The number of methoxy groups -OCH3 is 1. The van der Waals surface area contributed by atoms with Crippen LogP contribution in [0.1, 0.15) is 6.92 Å². The van der Waals surface area contributed by atoms with Crippen molar-refractivity contribution in [2.45, 2.75) is 19.5 Å². The molecule has 8 nitrogen and oxygen atoms in total. The number of anilines is 2. The first-order valence-electron chi connectivity index (χ1n) is 5.82. The van der Waals surface area contributed by atoms with Crippen molar-refractivity contribution in [1.29, 1.82) is 0 Å². The minimum Gasteiger partial charge on any atom is -0.490 e. The van der Waals surface area contributed by atoms with E-state index in [4.69, 9.17) is 10.6 Å². The second-order valence-electron chi connectivity index (χ2n) is 4.05. The highest BCUT2D eigenvalue weighted by molar-refractivity contribution is 5.63. The molecule has 0 fully saturated rings. The van der Waals surface area contributed by atoms with Gasteiger partial charge in [-0.2, -0.15) is 0 Å². The van der Waals surface area contributed by atoms with Gasteiger partial charge in [0, 0.05) is 25.0 Å². The molecule has 0 spiro atoms. The Morgan fingerprint density at radius 2 is 2.21 bits per heavy atom. The monoisotopic (exact) mass is 263 g/mol. The third-order valence-electron chi connectivity index (χ3n) is 2.57. The van der Waals surface area contributed by atoms with Crippen LogP contribution < -0.4 is 21.3 Å². The average molecular weight is 263 g/mol. The summed E-state index contributed by atoms with van der Waals surface area (Å²) in [5, 5.41) is 3.25. The molecule has 1 atom stereocenters. The van der Waals surface area contributed by atoms with Crippen LogP contribution in [0.4, 0.5) is 11.6 Å². The lowest BCUT2D eigenvalue weighted by Gasteiger charge is -2.17. The van der Waals surface area contributed by atoms with Crippen LogP contribution in [0, 0.1) is 0 Å². The van der Waals surface area contributed by atoms with E-state index in [2.05, 4.69) is 25.7 Å². The van der Waals surface area contributed by atoms with Gasteiger partial charge in [-0.25, -0.2) is 20.8 Å². The Morgan fingerprint density at radius 3 is 2.84 bits per heavy atom. The zero-order chi connectivity index (χ0) is 13.7. The van der Waals surface area contributed by atoms with Crippen LogP contribution in [0.5, 0.6) is 5.75 Å². The summed E-state index contributed by atoms with van der Waals surface area (Å²) in [6, 6.07) is 0.142. The van der Waals surface area contributed by atoms with E-state index in [1.807, 2.05) is 17.7 Å². The van der Waals surface area contributed by atoms with Gasteiger partial charge in [0.1, 0.15) is 6.33 Å². The second-order valence-corrected chi connectivity index (χ2v) is 4.05. The Hall–Kier alpha value is -2.35. The maximum atomic E-state index is 5.38. The number of nitrogens with zero attached hydrogens (tertiary/aromatic N) is 4. The van der Waals surface area contributed by atoms with Crippen LogP contribution in [0.15, 0.2) is 25.0 Å². The molecule has 8 heteroatoms. The van der Waals surface area contributed by atoms with Gasteiger partial charge in [0.2, 0.25) is 5.75 Å². The fraction of sp³-hybridized carbons (Fsp3) is 0.364. The van der Waals surface area contributed by atoms with Crippen LogP contribution in [0.25, 0.3) is 0 Å². The average Bonchev–Trinajstić information content (AvgIpc) is 2.91. The van der Waals surface area contributed by atoms with Gasteiger partial charge >= 0.3 is 0 Å². The number of aromatic nitrogens is 4. The normalized spacial score (nSPS) is 11.9. The lowest BCUT2D eigenvalue weighted by molar-refractivity contribution is 0.414. The molecule has 0 bridgehead atoms. The van der Waals surface area contributed by atoms with Crippen molar-refractivity contribution < 1.29 is 4.74 Å². The van der Waals surface area contributed by atoms with E-state index >= 15 is 0 Å². The molecule has 1 unspecified atom stereocenters. The first-order chi connectivity index (χ1) is 9.24. The van der Waals surface area contributed by atoms with E-state index in [9.17, 15) is 0 Å². The third kappa shape index (κ3) is 3.10. The number of ether oxygens (including phenoxy) is 1. The number of nitrogens with two attached hydrogens (primary N) is 1. The summed E-state index contributed by atoms with van der Waals surface area (Å²) in [5.74, 6) is 6.90. The largest absolute Gasteiger partial charge is 0.490 e. The molecule has 2 aromatic heterocycles. The molecule has 0 saturated heterocycles. The number of nitrogens with one attached hydrogen (secondary N) is 2. The highest BCUT2D eigenvalue weighted by Crippen LogP contribution is 2.28. The lowest BCUT2D eigenvalue weighted by Crippen LogP contribution is -2.23. The number of rotatable bonds is 6. The van der Waals surface area contributed by atoms with Crippen molar-refractivity contribution in [3.8, 4) is 5.75 Å². The molecule has 19 heavy (non-hydrogen) atoms. The highest BCUT2D eigenvalue weighted by Gasteiger charge is 2.13. The van der Waals surface area contributed by atoms with Crippen molar-refractivity contribution in [2.75, 3.05) is 17.9 Å². The molecule has 102 valence electrons. The van der Waals surface area contributed by atoms with Gasteiger partial charge in [-0.05, 0) is 6.92 Å². The minimum absolute atomic E-state index is 0.142. The van der Waals surface area contributed by atoms with Crippen molar-refractivity contribution in [1.82, 2.24) is 19.5 Å². The lowest BCUT2D eigenvalue weighted by atomic mass is 10.3. The van der Waals surface area contributed by atoms with Crippen LogP contribution in [-0.4, -0.2) is 32.7 Å². The Labute approximate surface area is 111 Å². The highest BCUT2D eigenvalue weighted by atomic mass is 16.5. The minimum atomic E-state index is 0.142. The quantitative estimate of drug-likeness (QED) is 0.514. The number of nitrogen functional groups attached to an aromatic ring is 1. The SMILES string of the molecule is COc1c(NN)ncnc1NC(C)Cn1ccnc1. The molecule has 0 aromatic carbocycles. The standard InChI is InChI=1S/C11H17N7O/c1-8(5-18-4-3-13-7-18)16-10-9(19-2)11(17-12)15-6-14-10/h3-4,6-8H,5,12H2,1-2H3,(H2,14,15,16,17). The molecular weight excluding hydrogens is 246 g/mol. The summed E-state index contributed by atoms with van der Waals surface area (Å²) in [5.41, 5.74) is 2.47. The Balaban J connectivity index is 2.09. The van der Waals surface area contributed by atoms with Crippen LogP contribution in [-0.2, 0) is 6.54 Å². The first kappa shape index (κ1) is 13.1. The fourth-order valence-electron chi connectivity index (χ4n) is 1.76. The molecule has 0 aliphatic carbocycles. The van der Waals surface area contributed by atoms with E-state index in [0.29, 0.717) is 17.4 Å². The number of hydrogen-bond acceptors (Lipinski definition) is 7. The molecule has 2 aromatic rings. The van der Waals surface area contributed by atoms with Crippen molar-refractivity contribution in [3.05, 3.63) is 25.0 Å². The summed E-state index contributed by atoms with van der Waals surface area (Å²) in [6.07, 6.45) is 6.84. The van der Waals surface area contributed by atoms with Crippen LogP contribution in [0.2, 0.25) is 0 Å². The second kappa shape index (κ2) is 6.01. The van der Waals surface area contributed by atoms with Gasteiger partial charge in [0.05, 0.1) is 13.4 Å². The maximum Gasteiger partial charge on any atom is 0.205 e. The molecule has 0 aliphatic heterocycles. The fourth-order valence-corrected chi connectivity index (χ4v) is 1.76. The Bertz CT molecular complexity index is 514. The zero-order valence-corrected chi connectivity index (χ0v) is 10.9. The van der Waals surface area contributed by atoms with Crippen LogP contribution in [0.3, 0.4) is 0 Å². The van der Waals surface area contributed by atoms with Crippen molar-refractivity contribution >= 4 is 11.6 Å². The van der Waals surface area contributed by atoms with Crippen molar-refractivity contribution in [2.24, 2.45) is 5.84 Å². The van der Waals surface area contributed by atoms with Gasteiger partial charge in [-0.1, -0.05) is 0 Å². The molecule has 0 radical (unpaired) electrons. The van der Waals surface area contributed by atoms with Gasteiger partial charge in [-0.15, -0.1) is 0 Å². The molecule has 0 saturated carbocycles. The summed E-state index contributed by atoms with van der Waals surface area (Å²) < 4.78 is 7.23. The molecule has 0 amide bonds. The molecular formula is C11H17N7O. The number of imidazole rings is 1. The molecule has 2 rings (SSSR count). The smallest absolute Gasteiger partial charge is 0.205 e. The number of hydrogen-bond donors (Lipinski definition) is 3. The molecule has 4 N–H and O–H groups in total. The number of hydrazine groups is 1. The summed E-state index contributed by atoms with van der Waals surface area (Å²) >= 11 is 0. The maximum absolute atomic E-state index is 5.38. The van der Waals surface area contributed by atoms with E-state index < -0.39 is 0 Å². The van der Waals surface area contributed by atoms with Gasteiger partial charge < -0.3 is 20.0 Å². The van der Waals surface area contributed by atoms with Gasteiger partial charge in [0.25, 0.3) is 0 Å². The van der Waals surface area contributed by atoms with Gasteiger partial charge in [0.15, 0.2) is 11.6 Å². The first-order valence-corrected chi connectivity index (χ1v) is 5.82. The molecule has 2 heterocycles. The van der Waals surface area contributed by atoms with E-state index in [0.717, 1.165) is 6.54 Å². The van der Waals surface area contributed by atoms with E-state index in [1.54, 1.807) is 19.6 Å². The van der Waals surface area contributed by atoms with E-state index in [1.165, 1.54) is 6.33 Å². The predicted octanol–water partition coefficient (Wildman–Crippen LogP) is 0.468. The summed E-state index contributed by atoms with van der Waals surface area (Å²) in [7, 11) is 1.55. The Kier molecular flexibility index (Phi) is 4.14. The topological polar surface area (TPSA) is 103 Å². The van der Waals surface area contributed by atoms with Crippen LogP contribution >= 0.6 is 0 Å². The zero-order valence-electron chi connectivity index (χ0n) is 10.9. The van der Waals surface area contributed by atoms with E-state index in [-0.39, 0.29) is 6.04 Å². The summed E-state index contributed by atoms with van der Waals surface area (Å²) in [6.45, 7) is 2.80. The summed E-state index contributed by atoms with van der Waals surface area (Å²) in [4.78, 5) is 12.1.